The second kappa shape index (κ2) is 4.22. The SMILES string of the molecule is Cc1ccnc(C(C#N)CBr)c1. The average molecular weight is 225 g/mol. The molecule has 0 aliphatic carbocycles. The summed E-state index contributed by atoms with van der Waals surface area (Å²) in [6.07, 6.45) is 1.73. The van der Waals surface area contributed by atoms with E-state index in [1.807, 2.05) is 19.1 Å². The Morgan fingerprint density at radius 1 is 1.75 bits per heavy atom. The van der Waals surface area contributed by atoms with E-state index in [9.17, 15) is 0 Å². The van der Waals surface area contributed by atoms with Gasteiger partial charge >= 0.3 is 0 Å². The number of aromatic nitrogens is 1. The zero-order valence-electron chi connectivity index (χ0n) is 6.79. The lowest BCUT2D eigenvalue weighted by Crippen LogP contribution is -1.99. The van der Waals surface area contributed by atoms with E-state index >= 15 is 0 Å². The highest BCUT2D eigenvalue weighted by atomic mass is 79.9. The smallest absolute Gasteiger partial charge is 0.0981 e. The molecule has 1 heterocycles. The first kappa shape index (κ1) is 9.21. The summed E-state index contributed by atoms with van der Waals surface area (Å²) in [7, 11) is 0. The molecule has 1 aromatic heterocycles. The number of hydrogen-bond donors (Lipinski definition) is 0. The van der Waals surface area contributed by atoms with Gasteiger partial charge in [0.25, 0.3) is 0 Å². The fourth-order valence-corrected chi connectivity index (χ4v) is 1.41. The van der Waals surface area contributed by atoms with Crippen molar-refractivity contribution >= 4 is 15.9 Å². The zero-order valence-corrected chi connectivity index (χ0v) is 8.37. The van der Waals surface area contributed by atoms with E-state index in [0.717, 1.165) is 11.3 Å². The maximum Gasteiger partial charge on any atom is 0.0981 e. The molecule has 1 unspecified atom stereocenters. The molecule has 0 saturated carbocycles. The number of halogens is 1. The third-order valence-electron chi connectivity index (χ3n) is 1.60. The van der Waals surface area contributed by atoms with E-state index in [2.05, 4.69) is 27.0 Å². The van der Waals surface area contributed by atoms with Gasteiger partial charge in [-0.1, -0.05) is 15.9 Å². The van der Waals surface area contributed by atoms with Crippen LogP contribution in [0.3, 0.4) is 0 Å². The summed E-state index contributed by atoms with van der Waals surface area (Å²) in [5.41, 5.74) is 1.98. The molecule has 0 radical (unpaired) electrons. The molecule has 0 aliphatic heterocycles. The second-order valence-corrected chi connectivity index (χ2v) is 3.24. The van der Waals surface area contributed by atoms with Crippen molar-refractivity contribution in [2.75, 3.05) is 5.33 Å². The molecule has 12 heavy (non-hydrogen) atoms. The minimum Gasteiger partial charge on any atom is -0.260 e. The van der Waals surface area contributed by atoms with Crippen molar-refractivity contribution in [2.24, 2.45) is 0 Å². The molecule has 0 amide bonds. The van der Waals surface area contributed by atoms with Crippen LogP contribution < -0.4 is 0 Å². The molecule has 2 nitrogen and oxygen atoms in total. The minimum atomic E-state index is -0.134. The highest BCUT2D eigenvalue weighted by molar-refractivity contribution is 9.09. The summed E-state index contributed by atoms with van der Waals surface area (Å²) in [5, 5.41) is 9.39. The van der Waals surface area contributed by atoms with E-state index in [-0.39, 0.29) is 5.92 Å². The van der Waals surface area contributed by atoms with Gasteiger partial charge in [-0.05, 0) is 24.6 Å². The Hall–Kier alpha value is -0.880. The zero-order chi connectivity index (χ0) is 8.97. The molecule has 0 fully saturated rings. The van der Waals surface area contributed by atoms with Crippen molar-refractivity contribution in [2.45, 2.75) is 12.8 Å². The van der Waals surface area contributed by atoms with Gasteiger partial charge < -0.3 is 0 Å². The molecule has 1 atom stereocenters. The number of nitriles is 1. The van der Waals surface area contributed by atoms with Crippen molar-refractivity contribution < 1.29 is 0 Å². The molecule has 0 aliphatic rings. The molecule has 0 bridgehead atoms. The second-order valence-electron chi connectivity index (χ2n) is 2.59. The predicted molar refractivity (Wildman–Crippen MR) is 51.1 cm³/mol. The Bertz CT molecular complexity index is 304. The molecule has 62 valence electrons. The quantitative estimate of drug-likeness (QED) is 0.724. The Labute approximate surface area is 80.4 Å². The van der Waals surface area contributed by atoms with Crippen LogP contribution in [0.1, 0.15) is 17.2 Å². The van der Waals surface area contributed by atoms with Crippen LogP contribution in [0.4, 0.5) is 0 Å². The van der Waals surface area contributed by atoms with E-state index < -0.39 is 0 Å². The number of alkyl halides is 1. The Morgan fingerprint density at radius 2 is 2.50 bits per heavy atom. The van der Waals surface area contributed by atoms with Crippen LogP contribution in [0.25, 0.3) is 0 Å². The van der Waals surface area contributed by atoms with Gasteiger partial charge in [0.15, 0.2) is 0 Å². The molecule has 1 aromatic rings. The summed E-state index contributed by atoms with van der Waals surface area (Å²) >= 11 is 3.27. The van der Waals surface area contributed by atoms with Gasteiger partial charge in [-0.2, -0.15) is 5.26 Å². The first-order valence-corrected chi connectivity index (χ1v) is 4.78. The van der Waals surface area contributed by atoms with Crippen LogP contribution in [-0.2, 0) is 0 Å². The van der Waals surface area contributed by atoms with Gasteiger partial charge in [0.05, 0.1) is 17.7 Å². The lowest BCUT2D eigenvalue weighted by Gasteiger charge is -2.03. The number of aryl methyl sites for hydroxylation is 1. The van der Waals surface area contributed by atoms with Crippen LogP contribution in [0.2, 0.25) is 0 Å². The summed E-state index contributed by atoms with van der Waals surface area (Å²) in [5.74, 6) is -0.134. The van der Waals surface area contributed by atoms with Gasteiger partial charge in [0, 0.05) is 11.5 Å². The summed E-state index contributed by atoms with van der Waals surface area (Å²) in [4.78, 5) is 4.13. The normalized spacial score (nSPS) is 12.1. The highest BCUT2D eigenvalue weighted by Crippen LogP contribution is 2.15. The standard InChI is InChI=1S/C9H9BrN2/c1-7-2-3-12-9(4-7)8(5-10)6-11/h2-4,8H,5H2,1H3. The van der Waals surface area contributed by atoms with Gasteiger partial charge in [-0.3, -0.25) is 4.98 Å². The molecule has 0 spiro atoms. The largest absolute Gasteiger partial charge is 0.260 e. The van der Waals surface area contributed by atoms with Gasteiger partial charge in [0.2, 0.25) is 0 Å². The average Bonchev–Trinajstić information content (AvgIpc) is 2.07. The monoisotopic (exact) mass is 224 g/mol. The Balaban J connectivity index is 2.95. The van der Waals surface area contributed by atoms with Gasteiger partial charge in [0.1, 0.15) is 0 Å². The number of nitrogens with zero attached hydrogens (tertiary/aromatic N) is 2. The van der Waals surface area contributed by atoms with E-state index in [4.69, 9.17) is 5.26 Å². The Morgan fingerprint density at radius 3 is 3.00 bits per heavy atom. The third-order valence-corrected chi connectivity index (χ3v) is 2.25. The van der Waals surface area contributed by atoms with Crippen LogP contribution in [0, 0.1) is 18.3 Å². The number of rotatable bonds is 2. The third kappa shape index (κ3) is 2.05. The Kier molecular flexibility index (Phi) is 3.24. The van der Waals surface area contributed by atoms with E-state index in [1.54, 1.807) is 6.20 Å². The maximum atomic E-state index is 8.75. The van der Waals surface area contributed by atoms with Crippen molar-refractivity contribution in [3.8, 4) is 6.07 Å². The molecular weight excluding hydrogens is 216 g/mol. The first-order chi connectivity index (χ1) is 5.77. The van der Waals surface area contributed by atoms with Crippen LogP contribution in [0.5, 0.6) is 0 Å². The summed E-state index contributed by atoms with van der Waals surface area (Å²) in [6.45, 7) is 1.99. The highest BCUT2D eigenvalue weighted by Gasteiger charge is 2.09. The van der Waals surface area contributed by atoms with E-state index in [1.165, 1.54) is 0 Å². The fraction of sp³-hybridized carbons (Fsp3) is 0.333. The topological polar surface area (TPSA) is 36.7 Å². The van der Waals surface area contributed by atoms with E-state index in [0.29, 0.717) is 5.33 Å². The molecule has 1 rings (SSSR count). The molecular formula is C9H9BrN2. The lowest BCUT2D eigenvalue weighted by atomic mass is 10.1. The van der Waals surface area contributed by atoms with Crippen molar-refractivity contribution in [1.29, 1.82) is 5.26 Å². The predicted octanol–water partition coefficient (Wildman–Crippen LogP) is 2.39. The fourth-order valence-electron chi connectivity index (χ4n) is 0.930. The molecule has 0 N–H and O–H groups in total. The summed E-state index contributed by atoms with van der Waals surface area (Å²) in [6, 6.07) is 6.05. The van der Waals surface area contributed by atoms with Gasteiger partial charge in [-0.25, -0.2) is 0 Å². The molecule has 0 aromatic carbocycles. The van der Waals surface area contributed by atoms with Crippen molar-refractivity contribution in [1.82, 2.24) is 4.98 Å². The van der Waals surface area contributed by atoms with Crippen molar-refractivity contribution in [3.63, 3.8) is 0 Å². The van der Waals surface area contributed by atoms with Gasteiger partial charge in [-0.15, -0.1) is 0 Å². The van der Waals surface area contributed by atoms with Crippen LogP contribution >= 0.6 is 15.9 Å². The molecule has 0 saturated heterocycles. The van der Waals surface area contributed by atoms with Crippen LogP contribution in [0.15, 0.2) is 18.3 Å². The minimum absolute atomic E-state index is 0.134. The first-order valence-electron chi connectivity index (χ1n) is 3.66. The lowest BCUT2D eigenvalue weighted by molar-refractivity contribution is 0.934. The molecule has 3 heteroatoms. The van der Waals surface area contributed by atoms with Crippen molar-refractivity contribution in [3.05, 3.63) is 29.6 Å². The van der Waals surface area contributed by atoms with Crippen LogP contribution in [-0.4, -0.2) is 10.3 Å². The summed E-state index contributed by atoms with van der Waals surface area (Å²) < 4.78 is 0. The number of hydrogen-bond acceptors (Lipinski definition) is 2. The number of pyridine rings is 1. The maximum absolute atomic E-state index is 8.75.